The molecule has 0 aliphatic heterocycles. The van der Waals surface area contributed by atoms with E-state index in [1.807, 2.05) is 0 Å². The predicted octanol–water partition coefficient (Wildman–Crippen LogP) is 2.94. The fraction of sp³-hybridized carbons (Fsp3) is 0.0769. The number of fused-ring (bicyclic) bond motifs is 4. The van der Waals surface area contributed by atoms with Crippen LogP contribution in [-0.2, 0) is 0 Å². The SMILES string of the molecule is CO.c1ccc2c(c1)-c1ccccc1-2. The summed E-state index contributed by atoms with van der Waals surface area (Å²) in [6, 6.07) is 17.1. The molecule has 0 fully saturated rings. The van der Waals surface area contributed by atoms with Crippen LogP contribution in [0.15, 0.2) is 48.5 Å². The Labute approximate surface area is 83.6 Å². The molecule has 0 aromatic heterocycles. The largest absolute Gasteiger partial charge is 0.400 e. The summed E-state index contributed by atoms with van der Waals surface area (Å²) in [5.41, 5.74) is 5.59. The highest BCUT2D eigenvalue weighted by molar-refractivity contribution is 6.01. The van der Waals surface area contributed by atoms with Crippen LogP contribution in [0.1, 0.15) is 0 Å². The Hall–Kier alpha value is -1.60. The highest BCUT2D eigenvalue weighted by atomic mass is 16.2. The molecule has 0 heterocycles. The second kappa shape index (κ2) is 3.64. The monoisotopic (exact) mass is 184 g/mol. The highest BCUT2D eigenvalue weighted by Gasteiger charge is 2.19. The van der Waals surface area contributed by atoms with E-state index in [0.29, 0.717) is 0 Å². The van der Waals surface area contributed by atoms with E-state index in [9.17, 15) is 0 Å². The lowest BCUT2D eigenvalue weighted by Gasteiger charge is -2.22. The summed E-state index contributed by atoms with van der Waals surface area (Å²) in [6.07, 6.45) is 0. The lowest BCUT2D eigenvalue weighted by molar-refractivity contribution is 0.399. The molecule has 0 bridgehead atoms. The smallest absolute Gasteiger partial charge is 0.0319 e. The maximum atomic E-state index is 7.00. The van der Waals surface area contributed by atoms with Gasteiger partial charge in [0.05, 0.1) is 0 Å². The normalized spacial score (nSPS) is 10.1. The molecule has 0 amide bonds. The number of hydrogen-bond donors (Lipinski definition) is 1. The predicted molar refractivity (Wildman–Crippen MR) is 59.0 cm³/mol. The van der Waals surface area contributed by atoms with Crippen LogP contribution in [0.4, 0.5) is 0 Å². The van der Waals surface area contributed by atoms with E-state index in [4.69, 9.17) is 5.11 Å². The van der Waals surface area contributed by atoms with Crippen LogP contribution >= 0.6 is 0 Å². The van der Waals surface area contributed by atoms with Crippen LogP contribution in [-0.4, -0.2) is 12.2 Å². The first kappa shape index (κ1) is 8.97. The summed E-state index contributed by atoms with van der Waals surface area (Å²) < 4.78 is 0. The van der Waals surface area contributed by atoms with Gasteiger partial charge in [0.15, 0.2) is 0 Å². The van der Waals surface area contributed by atoms with Gasteiger partial charge in [-0.1, -0.05) is 48.5 Å². The van der Waals surface area contributed by atoms with Crippen LogP contribution in [0.5, 0.6) is 0 Å². The van der Waals surface area contributed by atoms with Crippen molar-refractivity contribution >= 4 is 0 Å². The van der Waals surface area contributed by atoms with Crippen molar-refractivity contribution in [3.05, 3.63) is 48.5 Å². The minimum atomic E-state index is 1.00. The molecule has 0 atom stereocenters. The van der Waals surface area contributed by atoms with Gasteiger partial charge in [0.2, 0.25) is 0 Å². The van der Waals surface area contributed by atoms with Crippen molar-refractivity contribution in [1.29, 1.82) is 0 Å². The number of aliphatic hydroxyl groups excluding tert-OH is 1. The maximum Gasteiger partial charge on any atom is 0.0319 e. The van der Waals surface area contributed by atoms with Crippen molar-refractivity contribution < 1.29 is 5.11 Å². The Balaban J connectivity index is 0.000000354. The summed E-state index contributed by atoms with van der Waals surface area (Å²) in [5, 5.41) is 7.00. The van der Waals surface area contributed by atoms with Crippen molar-refractivity contribution in [1.82, 2.24) is 0 Å². The van der Waals surface area contributed by atoms with Gasteiger partial charge >= 0.3 is 0 Å². The molecular weight excluding hydrogens is 172 g/mol. The molecule has 2 aromatic carbocycles. The number of benzene rings is 2. The van der Waals surface area contributed by atoms with E-state index >= 15 is 0 Å². The first-order valence-corrected chi connectivity index (χ1v) is 4.60. The molecule has 0 spiro atoms. The molecule has 1 heteroatoms. The van der Waals surface area contributed by atoms with E-state index in [2.05, 4.69) is 48.5 Å². The first-order chi connectivity index (χ1) is 6.97. The number of rotatable bonds is 0. The highest BCUT2D eigenvalue weighted by Crippen LogP contribution is 2.46. The zero-order chi connectivity index (χ0) is 9.97. The molecular formula is C13H12O. The van der Waals surface area contributed by atoms with Crippen LogP contribution in [0, 0.1) is 0 Å². The average molecular weight is 184 g/mol. The van der Waals surface area contributed by atoms with Gasteiger partial charge in [-0.2, -0.15) is 0 Å². The summed E-state index contributed by atoms with van der Waals surface area (Å²) in [7, 11) is 1.00. The summed E-state index contributed by atoms with van der Waals surface area (Å²) >= 11 is 0. The zero-order valence-electron chi connectivity index (χ0n) is 8.07. The Bertz CT molecular complexity index is 346. The van der Waals surface area contributed by atoms with Gasteiger partial charge in [0.1, 0.15) is 0 Å². The second-order valence-electron chi connectivity index (χ2n) is 3.09. The van der Waals surface area contributed by atoms with E-state index < -0.39 is 0 Å². The first-order valence-electron chi connectivity index (χ1n) is 4.60. The molecule has 3 rings (SSSR count). The van der Waals surface area contributed by atoms with Crippen LogP contribution in [0.25, 0.3) is 22.3 Å². The fourth-order valence-electron chi connectivity index (χ4n) is 1.84. The van der Waals surface area contributed by atoms with E-state index in [1.165, 1.54) is 22.3 Å². The molecule has 0 saturated heterocycles. The molecule has 1 aliphatic rings. The molecule has 0 saturated carbocycles. The van der Waals surface area contributed by atoms with Crippen molar-refractivity contribution in [2.75, 3.05) is 7.11 Å². The molecule has 1 aliphatic carbocycles. The Morgan fingerprint density at radius 3 is 1.00 bits per heavy atom. The third-order valence-corrected chi connectivity index (χ3v) is 2.43. The molecule has 14 heavy (non-hydrogen) atoms. The quantitative estimate of drug-likeness (QED) is 0.569. The van der Waals surface area contributed by atoms with Gasteiger partial charge in [0, 0.05) is 7.11 Å². The van der Waals surface area contributed by atoms with Gasteiger partial charge in [-0.3, -0.25) is 0 Å². The maximum absolute atomic E-state index is 7.00. The molecule has 1 N–H and O–H groups in total. The van der Waals surface area contributed by atoms with Crippen molar-refractivity contribution in [3.8, 4) is 22.3 Å². The number of hydrogen-bond acceptors (Lipinski definition) is 1. The third kappa shape index (κ3) is 1.14. The molecule has 2 aromatic rings. The third-order valence-electron chi connectivity index (χ3n) is 2.43. The van der Waals surface area contributed by atoms with Crippen LogP contribution < -0.4 is 0 Å². The Morgan fingerprint density at radius 1 is 0.571 bits per heavy atom. The Kier molecular flexibility index (Phi) is 2.33. The standard InChI is InChI=1S/C12H8.CH4O/c1-2-6-10-9(5-1)11-7-3-4-8-12(10)11;1-2/h1-8H;2H,1H3. The van der Waals surface area contributed by atoms with Crippen molar-refractivity contribution in [2.45, 2.75) is 0 Å². The summed E-state index contributed by atoms with van der Waals surface area (Å²) in [5.74, 6) is 0. The Morgan fingerprint density at radius 2 is 0.786 bits per heavy atom. The van der Waals surface area contributed by atoms with Gasteiger partial charge in [0.25, 0.3) is 0 Å². The molecule has 70 valence electrons. The lowest BCUT2D eigenvalue weighted by atomic mass is 9.81. The average Bonchev–Trinajstić information content (AvgIpc) is 2.29. The van der Waals surface area contributed by atoms with Crippen LogP contribution in [0.2, 0.25) is 0 Å². The summed E-state index contributed by atoms with van der Waals surface area (Å²) in [6.45, 7) is 0. The van der Waals surface area contributed by atoms with Crippen molar-refractivity contribution in [3.63, 3.8) is 0 Å². The molecule has 0 radical (unpaired) electrons. The summed E-state index contributed by atoms with van der Waals surface area (Å²) in [4.78, 5) is 0. The van der Waals surface area contributed by atoms with Gasteiger partial charge < -0.3 is 5.11 Å². The minimum Gasteiger partial charge on any atom is -0.400 e. The van der Waals surface area contributed by atoms with E-state index in [0.717, 1.165) is 7.11 Å². The zero-order valence-corrected chi connectivity index (χ0v) is 8.07. The van der Waals surface area contributed by atoms with Crippen molar-refractivity contribution in [2.24, 2.45) is 0 Å². The lowest BCUT2D eigenvalue weighted by Crippen LogP contribution is -1.96. The van der Waals surface area contributed by atoms with Crippen LogP contribution in [0.3, 0.4) is 0 Å². The van der Waals surface area contributed by atoms with E-state index in [-0.39, 0.29) is 0 Å². The second-order valence-corrected chi connectivity index (χ2v) is 3.09. The number of aliphatic hydroxyl groups is 1. The van der Waals surface area contributed by atoms with Gasteiger partial charge in [-0.05, 0) is 22.3 Å². The topological polar surface area (TPSA) is 20.2 Å². The molecule has 0 unspecified atom stereocenters. The van der Waals surface area contributed by atoms with E-state index in [1.54, 1.807) is 0 Å². The van der Waals surface area contributed by atoms with Gasteiger partial charge in [-0.25, -0.2) is 0 Å². The fourth-order valence-corrected chi connectivity index (χ4v) is 1.84. The molecule has 1 nitrogen and oxygen atoms in total. The minimum absolute atomic E-state index is 1.00. The van der Waals surface area contributed by atoms with Gasteiger partial charge in [-0.15, -0.1) is 0 Å².